The van der Waals surface area contributed by atoms with E-state index < -0.39 is 0 Å². The number of hydrogen-bond donors (Lipinski definition) is 1. The average molecular weight is 293 g/mol. The molecule has 0 aliphatic heterocycles. The van der Waals surface area contributed by atoms with Gasteiger partial charge in [-0.2, -0.15) is 0 Å². The van der Waals surface area contributed by atoms with Crippen LogP contribution in [0.5, 0.6) is 0 Å². The zero-order chi connectivity index (χ0) is 14.8. The van der Waals surface area contributed by atoms with Crippen molar-refractivity contribution in [3.05, 3.63) is 29.3 Å². The van der Waals surface area contributed by atoms with Gasteiger partial charge in [0.25, 0.3) is 5.17 Å². The molecule has 0 heterocycles. The molecule has 112 valence electrons. The van der Waals surface area contributed by atoms with Crippen LogP contribution in [0.3, 0.4) is 0 Å². The van der Waals surface area contributed by atoms with Gasteiger partial charge in [0.05, 0.1) is 6.61 Å². The summed E-state index contributed by atoms with van der Waals surface area (Å²) in [5, 5.41) is 3.65. The quantitative estimate of drug-likeness (QED) is 0.514. The normalized spacial score (nSPS) is 10.3. The van der Waals surface area contributed by atoms with Gasteiger partial charge in [-0.15, -0.1) is 0 Å². The van der Waals surface area contributed by atoms with Crippen LogP contribution < -0.4 is 5.32 Å². The number of ether oxygens (including phenoxy) is 1. The molecular weight excluding hydrogens is 266 g/mol. The number of thiocarbonyl (C=S) groups is 1. The number of anilines is 1. The summed E-state index contributed by atoms with van der Waals surface area (Å²) in [5.41, 5.74) is 3.52. The van der Waals surface area contributed by atoms with Gasteiger partial charge in [-0.1, -0.05) is 51.2 Å². The van der Waals surface area contributed by atoms with E-state index in [1.165, 1.54) is 43.2 Å². The summed E-state index contributed by atoms with van der Waals surface area (Å²) >= 11 is 5.23. The van der Waals surface area contributed by atoms with Crippen molar-refractivity contribution in [1.82, 2.24) is 0 Å². The number of nitrogens with one attached hydrogen (secondary N) is 1. The molecule has 1 aromatic carbocycles. The van der Waals surface area contributed by atoms with E-state index in [9.17, 15) is 0 Å². The minimum Gasteiger partial charge on any atom is -0.471 e. The Morgan fingerprint density at radius 1 is 1.10 bits per heavy atom. The number of unbranched alkanes of at least 4 members (excludes halogenated alkanes) is 5. The van der Waals surface area contributed by atoms with E-state index in [4.69, 9.17) is 17.0 Å². The lowest BCUT2D eigenvalue weighted by atomic mass is 10.1. The fraction of sp³-hybridized carbons (Fsp3) is 0.588. The topological polar surface area (TPSA) is 21.3 Å². The number of aryl methyl sites for hydroxylation is 1. The van der Waals surface area contributed by atoms with Crippen LogP contribution in [0.4, 0.5) is 5.69 Å². The largest absolute Gasteiger partial charge is 0.471 e. The minimum atomic E-state index is 0.479. The maximum atomic E-state index is 5.57. The van der Waals surface area contributed by atoms with E-state index in [2.05, 4.69) is 32.2 Å². The van der Waals surface area contributed by atoms with Gasteiger partial charge in [-0.05, 0) is 49.7 Å². The first-order valence-corrected chi connectivity index (χ1v) is 8.06. The second-order valence-electron chi connectivity index (χ2n) is 5.28. The molecule has 0 saturated heterocycles. The zero-order valence-electron chi connectivity index (χ0n) is 13.0. The first-order valence-electron chi connectivity index (χ1n) is 7.65. The molecule has 1 rings (SSSR count). The first kappa shape index (κ1) is 17.0. The third kappa shape index (κ3) is 6.38. The number of hydrogen-bond acceptors (Lipinski definition) is 2. The van der Waals surface area contributed by atoms with Crippen LogP contribution in [0.1, 0.15) is 56.6 Å². The summed E-state index contributed by atoms with van der Waals surface area (Å²) < 4.78 is 5.57. The van der Waals surface area contributed by atoms with Gasteiger partial charge < -0.3 is 10.1 Å². The molecule has 2 nitrogen and oxygen atoms in total. The molecule has 1 aromatic rings. The van der Waals surface area contributed by atoms with Gasteiger partial charge in [0.1, 0.15) is 0 Å². The van der Waals surface area contributed by atoms with Crippen LogP contribution >= 0.6 is 12.2 Å². The third-order valence-corrected chi connectivity index (χ3v) is 3.79. The van der Waals surface area contributed by atoms with Gasteiger partial charge in [0.2, 0.25) is 0 Å². The molecule has 0 spiro atoms. The highest BCUT2D eigenvalue weighted by molar-refractivity contribution is 7.80. The molecule has 0 unspecified atom stereocenters. The molecule has 0 radical (unpaired) electrons. The Balaban J connectivity index is 2.19. The van der Waals surface area contributed by atoms with Crippen molar-refractivity contribution < 1.29 is 4.74 Å². The van der Waals surface area contributed by atoms with Crippen LogP contribution in [0.2, 0.25) is 0 Å². The Labute approximate surface area is 128 Å². The molecule has 0 bridgehead atoms. The Morgan fingerprint density at radius 2 is 1.80 bits per heavy atom. The van der Waals surface area contributed by atoms with Crippen LogP contribution in [-0.2, 0) is 4.74 Å². The molecule has 0 aliphatic rings. The van der Waals surface area contributed by atoms with Gasteiger partial charge >= 0.3 is 0 Å². The molecule has 0 aromatic heterocycles. The fourth-order valence-electron chi connectivity index (χ4n) is 2.08. The summed E-state index contributed by atoms with van der Waals surface area (Å²) in [6.45, 7) is 7.14. The van der Waals surface area contributed by atoms with Crippen molar-refractivity contribution >= 4 is 23.1 Å². The maximum absolute atomic E-state index is 5.57. The van der Waals surface area contributed by atoms with E-state index >= 15 is 0 Å². The highest BCUT2D eigenvalue weighted by atomic mass is 32.1. The van der Waals surface area contributed by atoms with Gasteiger partial charge in [0, 0.05) is 5.69 Å². The van der Waals surface area contributed by atoms with E-state index in [1.54, 1.807) is 0 Å². The van der Waals surface area contributed by atoms with Crippen molar-refractivity contribution in [3.8, 4) is 0 Å². The molecule has 0 saturated carbocycles. The fourth-order valence-corrected chi connectivity index (χ4v) is 2.27. The predicted molar refractivity (Wildman–Crippen MR) is 91.5 cm³/mol. The van der Waals surface area contributed by atoms with Crippen molar-refractivity contribution in [2.75, 3.05) is 11.9 Å². The molecule has 0 fully saturated rings. The standard InChI is InChI=1S/C17H27NOS/c1-4-5-6-7-8-9-13-19-17(20)18-16-12-10-11-14(2)15(16)3/h10-12H,4-9,13H2,1-3H3,(H,18,20). The van der Waals surface area contributed by atoms with E-state index in [0.29, 0.717) is 11.8 Å². The predicted octanol–water partition coefficient (Wildman–Crippen LogP) is 5.38. The second-order valence-corrected chi connectivity index (χ2v) is 5.65. The monoisotopic (exact) mass is 293 g/mol. The summed E-state index contributed by atoms with van der Waals surface area (Å²) in [4.78, 5) is 0. The summed E-state index contributed by atoms with van der Waals surface area (Å²) in [6.07, 6.45) is 7.58. The molecule has 20 heavy (non-hydrogen) atoms. The Hall–Kier alpha value is -1.09. The summed E-state index contributed by atoms with van der Waals surface area (Å²) in [6, 6.07) is 6.16. The summed E-state index contributed by atoms with van der Waals surface area (Å²) in [7, 11) is 0. The van der Waals surface area contributed by atoms with Gasteiger partial charge in [0.15, 0.2) is 0 Å². The highest BCUT2D eigenvalue weighted by Crippen LogP contribution is 2.18. The van der Waals surface area contributed by atoms with Crippen molar-refractivity contribution in [2.24, 2.45) is 0 Å². The van der Waals surface area contributed by atoms with Crippen molar-refractivity contribution in [1.29, 1.82) is 0 Å². The highest BCUT2D eigenvalue weighted by Gasteiger charge is 2.03. The Morgan fingerprint density at radius 3 is 2.55 bits per heavy atom. The smallest absolute Gasteiger partial charge is 0.261 e. The van der Waals surface area contributed by atoms with Gasteiger partial charge in [-0.3, -0.25) is 0 Å². The molecule has 1 N–H and O–H groups in total. The molecule has 0 aliphatic carbocycles. The average Bonchev–Trinajstić information content (AvgIpc) is 2.43. The van der Waals surface area contributed by atoms with Crippen LogP contribution in [0, 0.1) is 13.8 Å². The van der Waals surface area contributed by atoms with Crippen LogP contribution in [0.15, 0.2) is 18.2 Å². The molecule has 0 amide bonds. The lowest BCUT2D eigenvalue weighted by molar-refractivity contribution is 0.299. The SMILES string of the molecule is CCCCCCCCOC(=S)Nc1cccc(C)c1C. The van der Waals surface area contributed by atoms with Crippen molar-refractivity contribution in [2.45, 2.75) is 59.3 Å². The van der Waals surface area contributed by atoms with E-state index in [0.717, 1.165) is 12.1 Å². The Bertz CT molecular complexity index is 417. The van der Waals surface area contributed by atoms with Crippen LogP contribution in [0.25, 0.3) is 0 Å². The lowest BCUT2D eigenvalue weighted by Gasteiger charge is -2.13. The van der Waals surface area contributed by atoms with E-state index in [-0.39, 0.29) is 0 Å². The number of rotatable bonds is 8. The molecule has 3 heteroatoms. The van der Waals surface area contributed by atoms with Crippen LogP contribution in [-0.4, -0.2) is 11.8 Å². The maximum Gasteiger partial charge on any atom is 0.261 e. The Kier molecular flexibility index (Phi) is 8.28. The minimum absolute atomic E-state index is 0.479. The lowest BCUT2D eigenvalue weighted by Crippen LogP contribution is -2.15. The molecule has 0 atom stereocenters. The third-order valence-electron chi connectivity index (χ3n) is 3.57. The number of benzene rings is 1. The zero-order valence-corrected chi connectivity index (χ0v) is 13.8. The second kappa shape index (κ2) is 9.76. The van der Waals surface area contributed by atoms with E-state index in [1.807, 2.05) is 12.1 Å². The summed E-state index contributed by atoms with van der Waals surface area (Å²) in [5.74, 6) is 0. The molecular formula is C17H27NOS. The van der Waals surface area contributed by atoms with Crippen molar-refractivity contribution in [3.63, 3.8) is 0 Å². The first-order chi connectivity index (χ1) is 9.65. The van der Waals surface area contributed by atoms with Gasteiger partial charge in [-0.25, -0.2) is 0 Å².